The average Bonchev–Trinajstić information content (AvgIpc) is 2.87. The van der Waals surface area contributed by atoms with E-state index in [1.165, 1.54) is 0 Å². The summed E-state index contributed by atoms with van der Waals surface area (Å²) in [6.45, 7) is 2.12. The van der Waals surface area contributed by atoms with E-state index in [0.717, 1.165) is 31.4 Å². The van der Waals surface area contributed by atoms with Crippen molar-refractivity contribution in [3.05, 3.63) is 24.0 Å². The first-order valence-corrected chi connectivity index (χ1v) is 6.45. The van der Waals surface area contributed by atoms with E-state index in [2.05, 4.69) is 10.2 Å². The standard InChI is InChI=1S/C13H18N2O3/c16-12(11-1-4-14-15-8-11)10-2-5-18-13(7-10)3-6-17-9-13/h1,4,8,10,12,16H,2-3,5-7,9H2. The minimum Gasteiger partial charge on any atom is -0.388 e. The SMILES string of the molecule is OC(c1ccnnc1)C1CCOC2(CCOC2)C1. The van der Waals surface area contributed by atoms with Crippen molar-refractivity contribution in [1.82, 2.24) is 10.2 Å². The van der Waals surface area contributed by atoms with Crippen LogP contribution in [0, 0.1) is 5.92 Å². The number of aromatic nitrogens is 2. The Morgan fingerprint density at radius 3 is 3.06 bits per heavy atom. The molecular formula is C13H18N2O3. The molecule has 0 aliphatic carbocycles. The summed E-state index contributed by atoms with van der Waals surface area (Å²) in [7, 11) is 0. The van der Waals surface area contributed by atoms with E-state index in [1.807, 2.05) is 6.07 Å². The van der Waals surface area contributed by atoms with Gasteiger partial charge in [0.1, 0.15) is 0 Å². The van der Waals surface area contributed by atoms with E-state index in [1.54, 1.807) is 12.4 Å². The molecule has 2 saturated heterocycles. The van der Waals surface area contributed by atoms with Gasteiger partial charge in [0, 0.05) is 31.4 Å². The molecule has 0 bridgehead atoms. The van der Waals surface area contributed by atoms with Gasteiger partial charge in [-0.3, -0.25) is 0 Å². The molecule has 1 aromatic heterocycles. The van der Waals surface area contributed by atoms with Crippen molar-refractivity contribution in [3.63, 3.8) is 0 Å². The van der Waals surface area contributed by atoms with Gasteiger partial charge in [-0.25, -0.2) is 0 Å². The third kappa shape index (κ3) is 2.25. The van der Waals surface area contributed by atoms with Crippen LogP contribution in [-0.2, 0) is 9.47 Å². The molecule has 1 N–H and O–H groups in total. The number of ether oxygens (including phenoxy) is 2. The summed E-state index contributed by atoms with van der Waals surface area (Å²) in [6, 6.07) is 1.82. The zero-order chi connectivity index (χ0) is 12.4. The third-order valence-corrected chi connectivity index (χ3v) is 3.99. The molecule has 3 unspecified atom stereocenters. The first-order valence-electron chi connectivity index (χ1n) is 6.45. The van der Waals surface area contributed by atoms with Crippen molar-refractivity contribution in [2.75, 3.05) is 19.8 Å². The van der Waals surface area contributed by atoms with Crippen LogP contribution in [-0.4, -0.2) is 40.7 Å². The average molecular weight is 250 g/mol. The number of aliphatic hydroxyl groups is 1. The normalized spacial score (nSPS) is 33.7. The first-order chi connectivity index (χ1) is 8.79. The third-order valence-electron chi connectivity index (χ3n) is 3.99. The van der Waals surface area contributed by atoms with Crippen molar-refractivity contribution >= 4 is 0 Å². The van der Waals surface area contributed by atoms with Crippen molar-refractivity contribution in [2.45, 2.75) is 31.0 Å². The molecular weight excluding hydrogens is 232 g/mol. The Hall–Kier alpha value is -1.04. The van der Waals surface area contributed by atoms with Gasteiger partial charge < -0.3 is 14.6 Å². The van der Waals surface area contributed by atoms with Crippen LogP contribution in [0.25, 0.3) is 0 Å². The Kier molecular flexibility index (Phi) is 3.28. The highest BCUT2D eigenvalue weighted by atomic mass is 16.6. The van der Waals surface area contributed by atoms with Gasteiger partial charge in [0.2, 0.25) is 0 Å². The molecule has 1 aromatic rings. The van der Waals surface area contributed by atoms with Crippen LogP contribution in [0.4, 0.5) is 0 Å². The van der Waals surface area contributed by atoms with Gasteiger partial charge in [0.05, 0.1) is 24.5 Å². The molecule has 0 radical (unpaired) electrons. The Morgan fingerprint density at radius 1 is 1.39 bits per heavy atom. The fourth-order valence-electron chi connectivity index (χ4n) is 2.95. The molecule has 3 atom stereocenters. The van der Waals surface area contributed by atoms with Crippen molar-refractivity contribution in [3.8, 4) is 0 Å². The number of rotatable bonds is 2. The molecule has 0 saturated carbocycles. The lowest BCUT2D eigenvalue weighted by Crippen LogP contribution is -2.41. The van der Waals surface area contributed by atoms with E-state index in [4.69, 9.17) is 9.47 Å². The van der Waals surface area contributed by atoms with Gasteiger partial charge >= 0.3 is 0 Å². The Labute approximate surface area is 106 Å². The van der Waals surface area contributed by atoms with Crippen LogP contribution < -0.4 is 0 Å². The minimum atomic E-state index is -0.484. The van der Waals surface area contributed by atoms with Gasteiger partial charge in [-0.05, 0) is 24.8 Å². The number of nitrogens with zero attached hydrogens (tertiary/aromatic N) is 2. The summed E-state index contributed by atoms with van der Waals surface area (Å²) >= 11 is 0. The highest BCUT2D eigenvalue weighted by Crippen LogP contribution is 2.40. The first kappa shape index (κ1) is 12.0. The lowest BCUT2D eigenvalue weighted by molar-refractivity contribution is -0.117. The van der Waals surface area contributed by atoms with Crippen LogP contribution in [0.5, 0.6) is 0 Å². The fraction of sp³-hybridized carbons (Fsp3) is 0.692. The molecule has 0 amide bonds. The molecule has 2 aliphatic heterocycles. The number of hydrogen-bond acceptors (Lipinski definition) is 5. The van der Waals surface area contributed by atoms with Crippen LogP contribution >= 0.6 is 0 Å². The Bertz CT molecular complexity index is 392. The van der Waals surface area contributed by atoms with E-state index in [0.29, 0.717) is 13.2 Å². The molecule has 98 valence electrons. The second-order valence-electron chi connectivity index (χ2n) is 5.21. The molecule has 3 heterocycles. The van der Waals surface area contributed by atoms with Gasteiger partial charge in [0.15, 0.2) is 0 Å². The molecule has 1 spiro atoms. The second-order valence-corrected chi connectivity index (χ2v) is 5.21. The van der Waals surface area contributed by atoms with Gasteiger partial charge in [0.25, 0.3) is 0 Å². The van der Waals surface area contributed by atoms with Crippen molar-refractivity contribution in [1.29, 1.82) is 0 Å². The predicted octanol–water partition coefficient (Wildman–Crippen LogP) is 1.10. The van der Waals surface area contributed by atoms with Gasteiger partial charge in [-0.2, -0.15) is 10.2 Å². The highest BCUT2D eigenvalue weighted by molar-refractivity contribution is 5.11. The molecule has 3 rings (SSSR count). The quantitative estimate of drug-likeness (QED) is 0.851. The molecule has 5 heteroatoms. The number of hydrogen-bond donors (Lipinski definition) is 1. The van der Waals surface area contributed by atoms with E-state index < -0.39 is 6.10 Å². The van der Waals surface area contributed by atoms with Crippen LogP contribution in [0.1, 0.15) is 30.9 Å². The fourth-order valence-corrected chi connectivity index (χ4v) is 2.95. The van der Waals surface area contributed by atoms with Gasteiger partial charge in [-0.1, -0.05) is 0 Å². The largest absolute Gasteiger partial charge is 0.388 e. The second kappa shape index (κ2) is 4.91. The Morgan fingerprint density at radius 2 is 2.33 bits per heavy atom. The van der Waals surface area contributed by atoms with E-state index in [-0.39, 0.29) is 11.5 Å². The zero-order valence-electron chi connectivity index (χ0n) is 10.3. The highest BCUT2D eigenvalue weighted by Gasteiger charge is 2.42. The van der Waals surface area contributed by atoms with Gasteiger partial charge in [-0.15, -0.1) is 0 Å². The summed E-state index contributed by atoms with van der Waals surface area (Å²) in [5.41, 5.74) is 0.677. The monoisotopic (exact) mass is 250 g/mol. The lowest BCUT2D eigenvalue weighted by Gasteiger charge is -2.38. The molecule has 18 heavy (non-hydrogen) atoms. The van der Waals surface area contributed by atoms with Crippen molar-refractivity contribution < 1.29 is 14.6 Å². The summed E-state index contributed by atoms with van der Waals surface area (Å²) in [5.74, 6) is 0.213. The maximum atomic E-state index is 10.4. The van der Waals surface area contributed by atoms with Crippen LogP contribution in [0.2, 0.25) is 0 Å². The zero-order valence-corrected chi connectivity index (χ0v) is 10.3. The molecule has 5 nitrogen and oxygen atoms in total. The lowest BCUT2D eigenvalue weighted by atomic mass is 9.80. The maximum Gasteiger partial charge on any atom is 0.0940 e. The smallest absolute Gasteiger partial charge is 0.0940 e. The van der Waals surface area contributed by atoms with E-state index in [9.17, 15) is 5.11 Å². The van der Waals surface area contributed by atoms with Crippen LogP contribution in [0.3, 0.4) is 0 Å². The maximum absolute atomic E-state index is 10.4. The van der Waals surface area contributed by atoms with E-state index >= 15 is 0 Å². The Balaban J connectivity index is 1.72. The molecule has 2 fully saturated rings. The summed E-state index contributed by atoms with van der Waals surface area (Å²) in [4.78, 5) is 0. The molecule has 0 aromatic carbocycles. The topological polar surface area (TPSA) is 64.5 Å². The number of aliphatic hydroxyl groups excluding tert-OH is 1. The van der Waals surface area contributed by atoms with Crippen molar-refractivity contribution in [2.24, 2.45) is 5.92 Å². The minimum absolute atomic E-state index is 0.162. The predicted molar refractivity (Wildman–Crippen MR) is 63.8 cm³/mol. The summed E-state index contributed by atoms with van der Waals surface area (Å²) in [5, 5.41) is 18.0. The molecule has 2 aliphatic rings. The van der Waals surface area contributed by atoms with Crippen LogP contribution in [0.15, 0.2) is 18.5 Å². The summed E-state index contributed by atoms with van der Waals surface area (Å²) in [6.07, 6.45) is 5.44. The summed E-state index contributed by atoms with van der Waals surface area (Å²) < 4.78 is 11.3.